The first-order chi connectivity index (χ1) is 21.2. The maximum absolute atomic E-state index is 12.9. The molecule has 1 saturated heterocycles. The number of aryl methyl sites for hydroxylation is 1. The van der Waals surface area contributed by atoms with Gasteiger partial charge in [0.1, 0.15) is 5.56 Å². The zero-order chi connectivity index (χ0) is 31.4. The summed E-state index contributed by atoms with van der Waals surface area (Å²) in [6.45, 7) is 6.12. The highest BCUT2D eigenvalue weighted by Gasteiger charge is 2.30. The van der Waals surface area contributed by atoms with Crippen LogP contribution in [-0.2, 0) is 23.1 Å². The molecule has 0 bridgehead atoms. The van der Waals surface area contributed by atoms with E-state index < -0.39 is 11.5 Å². The summed E-state index contributed by atoms with van der Waals surface area (Å²) in [5, 5.41) is 7.23. The quantitative estimate of drug-likeness (QED) is 0.258. The molecule has 11 heteroatoms. The molecule has 1 aliphatic heterocycles. The first-order valence-electron chi connectivity index (χ1n) is 14.4. The van der Waals surface area contributed by atoms with Gasteiger partial charge >= 0.3 is 5.97 Å². The third-order valence-electron chi connectivity index (χ3n) is 7.82. The minimum absolute atomic E-state index is 0.000603. The molecule has 2 aromatic carbocycles. The minimum Gasteiger partial charge on any atom is -0.481 e. The van der Waals surface area contributed by atoms with Crippen LogP contribution in [0.15, 0.2) is 65.6 Å². The van der Waals surface area contributed by atoms with Crippen LogP contribution in [0.4, 0.5) is 5.69 Å². The van der Waals surface area contributed by atoms with Gasteiger partial charge in [-0.05, 0) is 56.1 Å². The van der Waals surface area contributed by atoms with Crippen molar-refractivity contribution in [2.24, 2.45) is 13.0 Å². The molecule has 5 rings (SSSR count). The van der Waals surface area contributed by atoms with E-state index in [2.05, 4.69) is 15.3 Å². The largest absolute Gasteiger partial charge is 0.481 e. The van der Waals surface area contributed by atoms with E-state index in [0.29, 0.717) is 42.0 Å². The number of pyridine rings is 1. The number of hydrogen-bond donors (Lipinski definition) is 1. The Kier molecular flexibility index (Phi) is 9.41. The van der Waals surface area contributed by atoms with Crippen LogP contribution in [0.1, 0.15) is 34.8 Å². The van der Waals surface area contributed by atoms with E-state index in [-0.39, 0.29) is 17.5 Å². The lowest BCUT2D eigenvalue weighted by atomic mass is 9.96. The van der Waals surface area contributed by atoms with Gasteiger partial charge in [0.05, 0.1) is 30.4 Å². The van der Waals surface area contributed by atoms with Crippen molar-refractivity contribution in [2.75, 3.05) is 32.1 Å². The first-order valence-corrected chi connectivity index (χ1v) is 14.7. The molecule has 0 unspecified atom stereocenters. The molecular weight excluding hydrogens is 582 g/mol. The van der Waals surface area contributed by atoms with E-state index in [1.54, 1.807) is 13.2 Å². The fourth-order valence-corrected chi connectivity index (χ4v) is 5.78. The van der Waals surface area contributed by atoms with E-state index >= 15 is 0 Å². The number of hydrogen-bond acceptors (Lipinski definition) is 8. The van der Waals surface area contributed by atoms with Crippen LogP contribution in [0.2, 0.25) is 5.02 Å². The van der Waals surface area contributed by atoms with Crippen LogP contribution in [0.3, 0.4) is 0 Å². The second-order valence-electron chi connectivity index (χ2n) is 10.6. The highest BCUT2D eigenvalue weighted by molar-refractivity contribution is 6.36. The predicted octanol–water partition coefficient (Wildman–Crippen LogP) is 5.12. The fraction of sp³-hybridized carbons (Fsp3) is 0.303. The second kappa shape index (κ2) is 13.4. The zero-order valence-electron chi connectivity index (χ0n) is 25.1. The van der Waals surface area contributed by atoms with Crippen molar-refractivity contribution in [2.45, 2.75) is 26.8 Å². The number of halogens is 1. The molecule has 1 atom stereocenters. The van der Waals surface area contributed by atoms with Gasteiger partial charge in [0, 0.05) is 48.7 Å². The monoisotopic (exact) mass is 615 g/mol. The molecule has 1 amide bonds. The Morgan fingerprint density at radius 1 is 1.07 bits per heavy atom. The summed E-state index contributed by atoms with van der Waals surface area (Å²) in [6, 6.07) is 16.5. The average Bonchev–Trinajstić information content (AvgIpc) is 3.49. The van der Waals surface area contributed by atoms with Crippen molar-refractivity contribution in [1.29, 1.82) is 0 Å². The SMILES string of the molecule is CCOC(=O)[C@H]1CCN(Cc2ccc(-c3cccc(-c4cccc(NC(=O)c5ccnn(C)c5=O)c4C)c3Cl)nc2OC)C1. The van der Waals surface area contributed by atoms with E-state index in [0.717, 1.165) is 45.5 Å². The Balaban J connectivity index is 1.39. The topological polar surface area (TPSA) is 116 Å². The summed E-state index contributed by atoms with van der Waals surface area (Å²) in [4.78, 5) is 44.5. The number of methoxy groups -OCH3 is 1. The predicted molar refractivity (Wildman–Crippen MR) is 169 cm³/mol. The second-order valence-corrected chi connectivity index (χ2v) is 11.0. The van der Waals surface area contributed by atoms with E-state index in [9.17, 15) is 14.4 Å². The Morgan fingerprint density at radius 2 is 1.82 bits per heavy atom. The maximum Gasteiger partial charge on any atom is 0.310 e. The lowest BCUT2D eigenvalue weighted by Gasteiger charge is -2.18. The standard InChI is InChI=1S/C33H34ClN5O5/c1-5-44-33(42)22-15-17-39(19-22)18-21-12-13-28(37-31(21)43-4)25-10-6-9-24(29(25)34)23-8-7-11-27(20(23)2)36-30(40)26-14-16-35-38(3)32(26)41/h6-14,16,22H,5,15,17-19H2,1-4H3,(H,36,40)/t22-/m0/s1. The van der Waals surface area contributed by atoms with Crippen molar-refractivity contribution in [3.05, 3.63) is 92.9 Å². The molecule has 0 radical (unpaired) electrons. The number of amides is 1. The molecule has 1 fully saturated rings. The van der Waals surface area contributed by atoms with Gasteiger partial charge in [0.15, 0.2) is 0 Å². The molecule has 1 aliphatic rings. The number of aromatic nitrogens is 3. The summed E-state index contributed by atoms with van der Waals surface area (Å²) >= 11 is 7.01. The number of carbonyl (C=O) groups is 2. The van der Waals surface area contributed by atoms with Crippen LogP contribution < -0.4 is 15.6 Å². The average molecular weight is 616 g/mol. The van der Waals surface area contributed by atoms with Crippen molar-refractivity contribution in [3.63, 3.8) is 0 Å². The van der Waals surface area contributed by atoms with Crippen molar-refractivity contribution >= 4 is 29.2 Å². The lowest BCUT2D eigenvalue weighted by Crippen LogP contribution is -2.28. The van der Waals surface area contributed by atoms with Crippen LogP contribution >= 0.6 is 11.6 Å². The Bertz CT molecular complexity index is 1770. The highest BCUT2D eigenvalue weighted by atomic mass is 35.5. The Labute approximate surface area is 260 Å². The molecule has 1 N–H and O–H groups in total. The van der Waals surface area contributed by atoms with Crippen molar-refractivity contribution < 1.29 is 19.1 Å². The first kappa shape index (κ1) is 30.9. The summed E-state index contributed by atoms with van der Waals surface area (Å²) in [7, 11) is 3.08. The third kappa shape index (κ3) is 6.36. The number of nitrogens with zero attached hydrogens (tertiary/aromatic N) is 4. The van der Waals surface area contributed by atoms with E-state index in [1.165, 1.54) is 19.3 Å². The van der Waals surface area contributed by atoms with Crippen LogP contribution in [-0.4, -0.2) is 58.3 Å². The van der Waals surface area contributed by atoms with Gasteiger partial charge in [-0.1, -0.05) is 48.0 Å². The molecule has 4 aromatic rings. The summed E-state index contributed by atoms with van der Waals surface area (Å²) in [5.41, 5.74) is 4.75. The van der Waals surface area contributed by atoms with Crippen LogP contribution in [0.25, 0.3) is 22.4 Å². The molecule has 0 spiro atoms. The fourth-order valence-electron chi connectivity index (χ4n) is 5.46. The third-order valence-corrected chi connectivity index (χ3v) is 8.22. The Hall–Kier alpha value is -4.54. The zero-order valence-corrected chi connectivity index (χ0v) is 25.9. The van der Waals surface area contributed by atoms with Crippen molar-refractivity contribution in [1.82, 2.24) is 19.7 Å². The summed E-state index contributed by atoms with van der Waals surface area (Å²) in [5.74, 6) is -0.290. The number of likely N-dealkylation sites (tertiary alicyclic amines) is 1. The summed E-state index contributed by atoms with van der Waals surface area (Å²) in [6.07, 6.45) is 2.18. The smallest absolute Gasteiger partial charge is 0.310 e. The molecule has 44 heavy (non-hydrogen) atoms. The van der Waals surface area contributed by atoms with Gasteiger partial charge in [0.25, 0.3) is 11.5 Å². The number of benzene rings is 2. The molecule has 228 valence electrons. The number of esters is 1. The molecule has 0 aliphatic carbocycles. The van der Waals surface area contributed by atoms with Gasteiger partial charge in [-0.3, -0.25) is 19.3 Å². The van der Waals surface area contributed by atoms with E-state index in [4.69, 9.17) is 26.1 Å². The van der Waals surface area contributed by atoms with Crippen molar-refractivity contribution in [3.8, 4) is 28.3 Å². The normalized spacial score (nSPS) is 14.8. The van der Waals surface area contributed by atoms with Gasteiger partial charge in [-0.15, -0.1) is 0 Å². The molecule has 10 nitrogen and oxygen atoms in total. The van der Waals surface area contributed by atoms with E-state index in [1.807, 2.05) is 56.3 Å². The maximum atomic E-state index is 12.9. The Morgan fingerprint density at radius 3 is 2.59 bits per heavy atom. The lowest BCUT2D eigenvalue weighted by molar-refractivity contribution is -0.147. The van der Waals surface area contributed by atoms with Crippen LogP contribution in [0.5, 0.6) is 5.88 Å². The highest BCUT2D eigenvalue weighted by Crippen LogP contribution is 2.39. The number of rotatable bonds is 9. The van der Waals surface area contributed by atoms with Crippen LogP contribution in [0, 0.1) is 12.8 Å². The molecule has 2 aromatic heterocycles. The van der Waals surface area contributed by atoms with Gasteiger partial charge in [-0.25, -0.2) is 9.67 Å². The minimum atomic E-state index is -0.519. The molecular formula is C33H34ClN5O5. The van der Waals surface area contributed by atoms with Gasteiger partial charge in [-0.2, -0.15) is 5.10 Å². The van der Waals surface area contributed by atoms with Gasteiger partial charge in [0.2, 0.25) is 5.88 Å². The number of nitrogens with one attached hydrogen (secondary N) is 1. The summed E-state index contributed by atoms with van der Waals surface area (Å²) < 4.78 is 12.0. The number of carbonyl (C=O) groups excluding carboxylic acids is 2. The molecule has 3 heterocycles. The van der Waals surface area contributed by atoms with Gasteiger partial charge < -0.3 is 14.8 Å². The number of anilines is 1. The number of ether oxygens (including phenoxy) is 2. The molecule has 0 saturated carbocycles.